The molecule has 0 heterocycles. The Morgan fingerprint density at radius 3 is 2.48 bits per heavy atom. The highest BCUT2D eigenvalue weighted by molar-refractivity contribution is 9.10. The third-order valence-electron chi connectivity index (χ3n) is 3.16. The van der Waals surface area contributed by atoms with Gasteiger partial charge in [0.2, 0.25) is 0 Å². The lowest BCUT2D eigenvalue weighted by molar-refractivity contribution is 0.0955. The molecule has 0 unspecified atom stereocenters. The Labute approximate surface area is 143 Å². The quantitative estimate of drug-likeness (QED) is 0.641. The summed E-state index contributed by atoms with van der Waals surface area (Å²) >= 11 is 3.40. The third-order valence-corrected chi connectivity index (χ3v) is 3.61. The summed E-state index contributed by atoms with van der Waals surface area (Å²) in [6.45, 7) is 1.97. The highest BCUT2D eigenvalue weighted by atomic mass is 79.9. The number of hydrogen-bond donors (Lipinski definition) is 1. The number of rotatable bonds is 5. The van der Waals surface area contributed by atoms with Crippen molar-refractivity contribution >= 4 is 28.1 Å². The number of methoxy groups -OCH3 is 2. The van der Waals surface area contributed by atoms with Crippen LogP contribution < -0.4 is 14.9 Å². The minimum atomic E-state index is -0.276. The van der Waals surface area contributed by atoms with Crippen LogP contribution in [0.25, 0.3) is 0 Å². The number of hydrazone groups is 1. The second-order valence-electron chi connectivity index (χ2n) is 4.80. The molecule has 5 nitrogen and oxygen atoms in total. The maximum Gasteiger partial charge on any atom is 0.271 e. The number of carbonyl (C=O) groups is 1. The van der Waals surface area contributed by atoms with E-state index in [4.69, 9.17) is 9.47 Å². The van der Waals surface area contributed by atoms with E-state index in [9.17, 15) is 4.79 Å². The first-order chi connectivity index (χ1) is 11.0. The van der Waals surface area contributed by atoms with Gasteiger partial charge >= 0.3 is 0 Å². The Kier molecular flexibility index (Phi) is 5.76. The third kappa shape index (κ3) is 4.32. The molecule has 1 N–H and O–H groups in total. The van der Waals surface area contributed by atoms with Crippen molar-refractivity contribution in [2.75, 3.05) is 14.2 Å². The van der Waals surface area contributed by atoms with Crippen molar-refractivity contribution in [2.45, 2.75) is 6.92 Å². The number of benzene rings is 2. The van der Waals surface area contributed by atoms with Crippen LogP contribution >= 0.6 is 15.9 Å². The Morgan fingerprint density at radius 2 is 1.87 bits per heavy atom. The summed E-state index contributed by atoms with van der Waals surface area (Å²) in [7, 11) is 3.11. The predicted molar refractivity (Wildman–Crippen MR) is 93.5 cm³/mol. The van der Waals surface area contributed by atoms with E-state index in [-0.39, 0.29) is 5.91 Å². The van der Waals surface area contributed by atoms with Crippen LogP contribution in [-0.4, -0.2) is 26.3 Å². The van der Waals surface area contributed by atoms with Crippen LogP contribution in [0.4, 0.5) is 0 Å². The van der Waals surface area contributed by atoms with Gasteiger partial charge in [-0.15, -0.1) is 0 Å². The molecule has 0 radical (unpaired) electrons. The van der Waals surface area contributed by atoms with Crippen molar-refractivity contribution in [1.29, 1.82) is 0 Å². The molecule has 0 aromatic heterocycles. The summed E-state index contributed by atoms with van der Waals surface area (Å²) in [5.74, 6) is 0.847. The van der Waals surface area contributed by atoms with Crippen LogP contribution in [-0.2, 0) is 0 Å². The molecule has 2 aromatic carbocycles. The molecule has 0 fully saturated rings. The molecule has 6 heteroatoms. The molecular formula is C17H17BrN2O3. The van der Waals surface area contributed by atoms with Crippen LogP contribution in [0.2, 0.25) is 0 Å². The van der Waals surface area contributed by atoms with Gasteiger partial charge in [0.25, 0.3) is 5.91 Å². The van der Waals surface area contributed by atoms with E-state index < -0.39 is 0 Å². The highest BCUT2D eigenvalue weighted by Gasteiger charge is 2.10. The molecule has 0 aliphatic heterocycles. The minimum absolute atomic E-state index is 0.276. The fourth-order valence-electron chi connectivity index (χ4n) is 1.98. The number of amides is 1. The van der Waals surface area contributed by atoms with Crippen LogP contribution in [0.3, 0.4) is 0 Å². The summed E-state index contributed by atoms with van der Waals surface area (Å²) < 4.78 is 11.4. The summed E-state index contributed by atoms with van der Waals surface area (Å²) in [5.41, 5.74) is 4.82. The fourth-order valence-corrected chi connectivity index (χ4v) is 2.44. The van der Waals surface area contributed by atoms with Gasteiger partial charge in [0.15, 0.2) is 11.5 Å². The number of nitrogens with one attached hydrogen (secondary N) is 1. The molecule has 0 aliphatic carbocycles. The first-order valence-corrected chi connectivity index (χ1v) is 7.66. The van der Waals surface area contributed by atoms with Gasteiger partial charge in [-0.2, -0.15) is 5.10 Å². The van der Waals surface area contributed by atoms with E-state index >= 15 is 0 Å². The summed E-state index contributed by atoms with van der Waals surface area (Å²) in [6, 6.07) is 10.9. The molecule has 0 spiro atoms. The Balaban J connectivity index is 2.15. The van der Waals surface area contributed by atoms with Crippen molar-refractivity contribution in [3.8, 4) is 11.5 Å². The second kappa shape index (κ2) is 7.78. The largest absolute Gasteiger partial charge is 0.493 e. The Bertz CT molecular complexity index is 727. The summed E-state index contributed by atoms with van der Waals surface area (Å²) in [5, 5.41) is 3.98. The van der Waals surface area contributed by atoms with Gasteiger partial charge in [0.1, 0.15) is 0 Å². The lowest BCUT2D eigenvalue weighted by Gasteiger charge is -2.10. The fraction of sp³-hybridized carbons (Fsp3) is 0.176. The maximum atomic E-state index is 12.0. The van der Waals surface area contributed by atoms with Gasteiger partial charge in [-0.3, -0.25) is 4.79 Å². The van der Waals surface area contributed by atoms with E-state index in [0.29, 0.717) is 22.6 Å². The average Bonchev–Trinajstić information content (AvgIpc) is 2.54. The van der Waals surface area contributed by atoms with Crippen LogP contribution in [0.5, 0.6) is 11.5 Å². The van der Waals surface area contributed by atoms with Crippen molar-refractivity contribution in [1.82, 2.24) is 5.43 Å². The van der Waals surface area contributed by atoms with Crippen LogP contribution in [0.1, 0.15) is 21.5 Å². The molecule has 0 aliphatic rings. The lowest BCUT2D eigenvalue weighted by atomic mass is 10.1. The zero-order valence-electron chi connectivity index (χ0n) is 13.1. The van der Waals surface area contributed by atoms with Gasteiger partial charge in [0.05, 0.1) is 20.4 Å². The zero-order chi connectivity index (χ0) is 16.8. The predicted octanol–water partition coefficient (Wildman–Crippen LogP) is 3.54. The van der Waals surface area contributed by atoms with Crippen molar-refractivity contribution in [2.24, 2.45) is 5.10 Å². The molecule has 2 rings (SSSR count). The molecule has 120 valence electrons. The van der Waals surface area contributed by atoms with E-state index in [1.807, 2.05) is 25.1 Å². The van der Waals surface area contributed by atoms with E-state index in [2.05, 4.69) is 26.5 Å². The number of ether oxygens (including phenoxy) is 2. The SMILES string of the molecule is COc1cc(Br)cc(/C=N\NC(=O)c2ccc(C)cc2)c1OC. The maximum absolute atomic E-state index is 12.0. The van der Waals surface area contributed by atoms with Gasteiger partial charge in [-0.1, -0.05) is 33.6 Å². The molecule has 1 amide bonds. The average molecular weight is 377 g/mol. The summed E-state index contributed by atoms with van der Waals surface area (Å²) in [4.78, 5) is 12.0. The number of carbonyl (C=O) groups excluding carboxylic acids is 1. The number of aryl methyl sites for hydroxylation is 1. The lowest BCUT2D eigenvalue weighted by Crippen LogP contribution is -2.17. The van der Waals surface area contributed by atoms with Gasteiger partial charge in [-0.25, -0.2) is 5.43 Å². The van der Waals surface area contributed by atoms with Crippen LogP contribution in [0.15, 0.2) is 46.0 Å². The molecule has 23 heavy (non-hydrogen) atoms. The monoisotopic (exact) mass is 376 g/mol. The standard InChI is InChI=1S/C17H17BrN2O3/c1-11-4-6-12(7-5-11)17(21)20-19-10-13-8-14(18)9-15(22-2)16(13)23-3/h4-10H,1-3H3,(H,20,21)/b19-10-. The van der Waals surface area contributed by atoms with Crippen molar-refractivity contribution < 1.29 is 14.3 Å². The highest BCUT2D eigenvalue weighted by Crippen LogP contribution is 2.33. The summed E-state index contributed by atoms with van der Waals surface area (Å²) in [6.07, 6.45) is 1.51. The number of nitrogens with zero attached hydrogens (tertiary/aromatic N) is 1. The number of halogens is 1. The molecule has 0 atom stereocenters. The van der Waals surface area contributed by atoms with Gasteiger partial charge in [-0.05, 0) is 31.2 Å². The van der Waals surface area contributed by atoms with Crippen LogP contribution in [0, 0.1) is 6.92 Å². The van der Waals surface area contributed by atoms with Gasteiger partial charge < -0.3 is 9.47 Å². The van der Waals surface area contributed by atoms with E-state index in [1.165, 1.54) is 6.21 Å². The van der Waals surface area contributed by atoms with E-state index in [0.717, 1.165) is 10.0 Å². The molecule has 2 aromatic rings. The topological polar surface area (TPSA) is 59.9 Å². The smallest absolute Gasteiger partial charge is 0.271 e. The molecular weight excluding hydrogens is 360 g/mol. The normalized spacial score (nSPS) is 10.6. The molecule has 0 saturated heterocycles. The van der Waals surface area contributed by atoms with Crippen molar-refractivity contribution in [3.05, 3.63) is 57.6 Å². The minimum Gasteiger partial charge on any atom is -0.493 e. The molecule has 0 bridgehead atoms. The van der Waals surface area contributed by atoms with Gasteiger partial charge in [0, 0.05) is 15.6 Å². The zero-order valence-corrected chi connectivity index (χ0v) is 14.7. The number of hydrogen-bond acceptors (Lipinski definition) is 4. The molecule has 0 saturated carbocycles. The van der Waals surface area contributed by atoms with E-state index in [1.54, 1.807) is 32.4 Å². The van der Waals surface area contributed by atoms with Crippen molar-refractivity contribution in [3.63, 3.8) is 0 Å². The first kappa shape index (κ1) is 17.0. The second-order valence-corrected chi connectivity index (χ2v) is 5.71. The Hall–Kier alpha value is -2.34. The first-order valence-electron chi connectivity index (χ1n) is 6.86. The Morgan fingerprint density at radius 1 is 1.17 bits per heavy atom.